The number of carboxylic acids is 1. The number of aromatic nitrogens is 1. The van der Waals surface area contributed by atoms with Gasteiger partial charge in [0.25, 0.3) is 0 Å². The van der Waals surface area contributed by atoms with Crippen LogP contribution in [0, 0.1) is 0 Å². The lowest BCUT2D eigenvalue weighted by molar-refractivity contribution is 0.0690. The molecule has 98 valence electrons. The quantitative estimate of drug-likeness (QED) is 0.692. The van der Waals surface area contributed by atoms with Gasteiger partial charge in [0.05, 0.1) is 12.8 Å². The van der Waals surface area contributed by atoms with Gasteiger partial charge in [-0.05, 0) is 12.1 Å². The van der Waals surface area contributed by atoms with Crippen LogP contribution in [0.15, 0.2) is 18.3 Å². The number of rotatable bonds is 4. The summed E-state index contributed by atoms with van der Waals surface area (Å²) < 4.78 is 30.3. The second kappa shape index (κ2) is 5.31. The van der Waals surface area contributed by atoms with Crippen LogP contribution in [0.2, 0.25) is 0 Å². The van der Waals surface area contributed by atoms with Crippen molar-refractivity contribution in [3.8, 4) is 0 Å². The number of carbonyl (C=O) groups is 2. The molecule has 0 unspecified atom stereocenters. The fraction of sp³-hybridized carbons (Fsp3) is 0.125. The van der Waals surface area contributed by atoms with Gasteiger partial charge in [0, 0.05) is 6.20 Å². The minimum atomic E-state index is -4.18. The molecule has 0 aromatic carbocycles. The number of nitrogens with zero attached hydrogens (tertiary/aromatic N) is 1. The molecule has 0 aliphatic heterocycles. The molecule has 0 bridgehead atoms. The third-order valence-electron chi connectivity index (χ3n) is 1.63. The smallest absolute Gasteiger partial charge is 0.422 e. The number of hydrogen-bond donors (Lipinski definition) is 3. The fourth-order valence-corrected chi connectivity index (χ4v) is 1.73. The average Bonchev–Trinajstić information content (AvgIpc) is 2.27. The van der Waals surface area contributed by atoms with Gasteiger partial charge < -0.3 is 9.84 Å². The van der Waals surface area contributed by atoms with Crippen LogP contribution >= 0.6 is 0 Å². The molecule has 9 nitrogen and oxygen atoms in total. The van der Waals surface area contributed by atoms with E-state index in [1.807, 2.05) is 4.72 Å². The summed E-state index contributed by atoms with van der Waals surface area (Å²) in [6.07, 6.45) is -0.0607. The predicted molar refractivity (Wildman–Crippen MR) is 59.3 cm³/mol. The first kappa shape index (κ1) is 13.7. The summed E-state index contributed by atoms with van der Waals surface area (Å²) in [5.41, 5.74) is -0.396. The van der Waals surface area contributed by atoms with Crippen molar-refractivity contribution in [3.05, 3.63) is 24.0 Å². The lowest BCUT2D eigenvalue weighted by Gasteiger charge is -2.08. The van der Waals surface area contributed by atoms with Gasteiger partial charge in [-0.2, -0.15) is 8.42 Å². The fourth-order valence-electron chi connectivity index (χ4n) is 0.943. The largest absolute Gasteiger partial charge is 0.477 e. The number of anilines is 1. The molecule has 1 aromatic heterocycles. The van der Waals surface area contributed by atoms with Crippen LogP contribution in [-0.2, 0) is 14.9 Å². The summed E-state index contributed by atoms with van der Waals surface area (Å²) in [6, 6.07) is 2.22. The summed E-state index contributed by atoms with van der Waals surface area (Å²) in [4.78, 5) is 24.8. The number of nitrogens with one attached hydrogen (secondary N) is 2. The number of amides is 1. The van der Waals surface area contributed by atoms with E-state index in [1.165, 1.54) is 10.8 Å². The van der Waals surface area contributed by atoms with Crippen LogP contribution in [0.3, 0.4) is 0 Å². The van der Waals surface area contributed by atoms with Gasteiger partial charge in [-0.15, -0.1) is 0 Å². The molecule has 0 spiro atoms. The summed E-state index contributed by atoms with van der Waals surface area (Å²) in [5.74, 6) is -1.31. The highest BCUT2D eigenvalue weighted by Crippen LogP contribution is 2.09. The number of hydrogen-bond acceptors (Lipinski definition) is 6. The van der Waals surface area contributed by atoms with Crippen molar-refractivity contribution in [2.75, 3.05) is 11.8 Å². The topological polar surface area (TPSA) is 135 Å². The molecule has 0 saturated heterocycles. The summed E-state index contributed by atoms with van der Waals surface area (Å²) in [6.45, 7) is 0. The Kier molecular flexibility index (Phi) is 4.05. The van der Waals surface area contributed by atoms with Gasteiger partial charge >= 0.3 is 22.3 Å². The van der Waals surface area contributed by atoms with Gasteiger partial charge in [-0.25, -0.2) is 19.3 Å². The number of methoxy groups -OCH3 is 1. The zero-order valence-electron chi connectivity index (χ0n) is 9.08. The maximum Gasteiger partial charge on any atom is 0.422 e. The second-order valence-electron chi connectivity index (χ2n) is 2.93. The van der Waals surface area contributed by atoms with Crippen LogP contribution in [0.25, 0.3) is 0 Å². The SMILES string of the molecule is COC(=O)NS(=O)(=O)Nc1ccnc(C(=O)O)c1. The van der Waals surface area contributed by atoms with Crippen molar-refractivity contribution in [3.63, 3.8) is 0 Å². The third kappa shape index (κ3) is 3.90. The molecule has 0 aliphatic rings. The predicted octanol–water partition coefficient (Wildman–Crippen LogP) is -0.208. The number of pyridine rings is 1. The van der Waals surface area contributed by atoms with E-state index in [9.17, 15) is 18.0 Å². The first-order chi connectivity index (χ1) is 8.34. The van der Waals surface area contributed by atoms with E-state index in [0.717, 1.165) is 19.4 Å². The van der Waals surface area contributed by atoms with Gasteiger partial charge in [0.15, 0.2) is 0 Å². The lowest BCUT2D eigenvalue weighted by atomic mass is 10.3. The zero-order valence-corrected chi connectivity index (χ0v) is 9.89. The lowest BCUT2D eigenvalue weighted by Crippen LogP contribution is -2.35. The number of carboxylic acid groups (broad SMARTS) is 1. The van der Waals surface area contributed by atoms with Gasteiger partial charge in [-0.3, -0.25) is 4.72 Å². The second-order valence-corrected chi connectivity index (χ2v) is 4.35. The van der Waals surface area contributed by atoms with Crippen LogP contribution < -0.4 is 9.44 Å². The van der Waals surface area contributed by atoms with Crippen LogP contribution in [0.5, 0.6) is 0 Å². The standard InChI is InChI=1S/C8H9N3O6S/c1-17-8(14)11-18(15,16)10-5-2-3-9-6(4-5)7(12)13/h2-4H,1H3,(H,9,10)(H,11,14)(H,12,13). The summed E-state index contributed by atoms with van der Waals surface area (Å²) >= 11 is 0. The van der Waals surface area contributed by atoms with Gasteiger partial charge in [0.2, 0.25) is 0 Å². The normalized spacial score (nSPS) is 10.5. The van der Waals surface area contributed by atoms with Crippen molar-refractivity contribution in [1.82, 2.24) is 9.71 Å². The Balaban J connectivity index is 2.87. The molecule has 1 rings (SSSR count). The minimum absolute atomic E-state index is 0.0567. The average molecular weight is 275 g/mol. The Morgan fingerprint density at radius 3 is 2.67 bits per heavy atom. The molecule has 1 heterocycles. The molecule has 1 amide bonds. The van der Waals surface area contributed by atoms with Gasteiger partial charge in [0.1, 0.15) is 5.69 Å². The first-order valence-electron chi connectivity index (χ1n) is 4.42. The molecule has 18 heavy (non-hydrogen) atoms. The molecule has 1 aromatic rings. The maximum atomic E-state index is 11.4. The van der Waals surface area contributed by atoms with E-state index in [-0.39, 0.29) is 11.4 Å². The Bertz CT molecular complexity index is 570. The number of aromatic carboxylic acids is 1. The number of ether oxygens (including phenoxy) is 1. The highest BCUT2D eigenvalue weighted by Gasteiger charge is 2.15. The molecular weight excluding hydrogens is 266 g/mol. The number of carbonyl (C=O) groups excluding carboxylic acids is 1. The minimum Gasteiger partial charge on any atom is -0.477 e. The summed E-state index contributed by atoms with van der Waals surface area (Å²) in [7, 11) is -3.18. The van der Waals surface area contributed by atoms with E-state index in [2.05, 4.69) is 9.72 Å². The van der Waals surface area contributed by atoms with Crippen molar-refractivity contribution < 1.29 is 27.9 Å². The Morgan fingerprint density at radius 1 is 1.44 bits per heavy atom. The van der Waals surface area contributed by atoms with Crippen molar-refractivity contribution in [2.24, 2.45) is 0 Å². The van der Waals surface area contributed by atoms with Crippen molar-refractivity contribution >= 4 is 28.0 Å². The Morgan fingerprint density at radius 2 is 2.11 bits per heavy atom. The molecule has 3 N–H and O–H groups in total. The molecule has 0 radical (unpaired) electrons. The van der Waals surface area contributed by atoms with E-state index >= 15 is 0 Å². The Labute approximate surface area is 102 Å². The molecular formula is C8H9N3O6S. The molecule has 0 aliphatic carbocycles. The van der Waals surface area contributed by atoms with Crippen molar-refractivity contribution in [1.29, 1.82) is 0 Å². The van der Waals surface area contributed by atoms with Crippen LogP contribution in [0.1, 0.15) is 10.5 Å². The molecule has 0 saturated carbocycles. The van der Waals surface area contributed by atoms with E-state index in [0.29, 0.717) is 0 Å². The highest BCUT2D eigenvalue weighted by atomic mass is 32.2. The summed E-state index contributed by atoms with van der Waals surface area (Å²) in [5, 5.41) is 8.66. The van der Waals surface area contributed by atoms with Crippen LogP contribution in [0.4, 0.5) is 10.5 Å². The molecule has 0 atom stereocenters. The zero-order chi connectivity index (χ0) is 13.8. The van der Waals surface area contributed by atoms with E-state index < -0.39 is 22.3 Å². The molecule has 10 heteroatoms. The van der Waals surface area contributed by atoms with Gasteiger partial charge in [-0.1, -0.05) is 0 Å². The first-order valence-corrected chi connectivity index (χ1v) is 5.90. The van der Waals surface area contributed by atoms with E-state index in [4.69, 9.17) is 5.11 Å². The van der Waals surface area contributed by atoms with E-state index in [1.54, 1.807) is 0 Å². The van der Waals surface area contributed by atoms with Crippen molar-refractivity contribution in [2.45, 2.75) is 0 Å². The monoisotopic (exact) mass is 275 g/mol. The van der Waals surface area contributed by atoms with Crippen LogP contribution in [-0.4, -0.2) is 37.7 Å². The molecule has 0 fully saturated rings. The maximum absolute atomic E-state index is 11.4. The highest BCUT2D eigenvalue weighted by molar-refractivity contribution is 7.91. The third-order valence-corrected chi connectivity index (χ3v) is 2.57. The Hall–Kier alpha value is -2.36.